The fraction of sp³-hybridized carbons (Fsp3) is 0.188. The van der Waals surface area contributed by atoms with Gasteiger partial charge in [0.05, 0.1) is 10.6 Å². The van der Waals surface area contributed by atoms with Gasteiger partial charge in [0.1, 0.15) is 11.6 Å². The predicted octanol–water partition coefficient (Wildman–Crippen LogP) is 2.61. The van der Waals surface area contributed by atoms with Crippen LogP contribution in [0.5, 0.6) is 0 Å². The van der Waals surface area contributed by atoms with Gasteiger partial charge in [-0.2, -0.15) is 5.10 Å². The van der Waals surface area contributed by atoms with Crippen molar-refractivity contribution in [2.45, 2.75) is 13.0 Å². The van der Waals surface area contributed by atoms with Crippen LogP contribution in [-0.4, -0.2) is 27.5 Å². The van der Waals surface area contributed by atoms with Crippen LogP contribution >= 0.6 is 11.3 Å². The summed E-state index contributed by atoms with van der Waals surface area (Å²) in [6.45, 7) is 1.06. The van der Waals surface area contributed by atoms with E-state index in [1.165, 1.54) is 23.5 Å². The van der Waals surface area contributed by atoms with Crippen LogP contribution in [0.1, 0.15) is 20.9 Å². The van der Waals surface area contributed by atoms with Crippen LogP contribution in [-0.2, 0) is 13.0 Å². The number of fused-ring (bicyclic) bond motifs is 2. The number of thiophene rings is 1. The lowest BCUT2D eigenvalue weighted by molar-refractivity contribution is 0.0738. The van der Waals surface area contributed by atoms with E-state index in [2.05, 4.69) is 10.2 Å². The first kappa shape index (κ1) is 14.1. The molecule has 7 heteroatoms. The summed E-state index contributed by atoms with van der Waals surface area (Å²) in [7, 11) is 0. The van der Waals surface area contributed by atoms with E-state index in [0.29, 0.717) is 30.2 Å². The zero-order valence-corrected chi connectivity index (χ0v) is 12.9. The Morgan fingerprint density at radius 1 is 1.26 bits per heavy atom. The molecule has 0 spiro atoms. The third-order valence-corrected chi connectivity index (χ3v) is 5.04. The molecule has 0 bridgehead atoms. The molecular weight excluding hydrogens is 315 g/mol. The van der Waals surface area contributed by atoms with Gasteiger partial charge in [0, 0.05) is 24.2 Å². The Morgan fingerprint density at radius 3 is 3.00 bits per heavy atom. The number of anilines is 1. The van der Waals surface area contributed by atoms with Crippen LogP contribution in [0.4, 0.5) is 10.2 Å². The molecule has 0 aliphatic carbocycles. The van der Waals surface area contributed by atoms with Crippen molar-refractivity contribution in [2.24, 2.45) is 0 Å². The predicted molar refractivity (Wildman–Crippen MR) is 86.7 cm³/mol. The Bertz CT molecular complexity index is 924. The van der Waals surface area contributed by atoms with Gasteiger partial charge in [-0.3, -0.25) is 4.79 Å². The molecule has 0 saturated carbocycles. The Balaban J connectivity index is 1.63. The Morgan fingerprint density at radius 2 is 2.13 bits per heavy atom. The number of nitrogens with zero attached hydrogens (tertiary/aromatic N) is 3. The lowest BCUT2D eigenvalue weighted by atomic mass is 10.1. The summed E-state index contributed by atoms with van der Waals surface area (Å²) >= 11 is 1.38. The summed E-state index contributed by atoms with van der Waals surface area (Å²) in [5, 5.41) is 8.68. The molecule has 1 aromatic carbocycles. The second kappa shape index (κ2) is 5.27. The Hall–Kier alpha value is -2.54. The van der Waals surface area contributed by atoms with E-state index in [1.807, 2.05) is 0 Å². The molecule has 2 N–H and O–H groups in total. The number of aromatic nitrogens is 2. The quantitative estimate of drug-likeness (QED) is 0.745. The maximum absolute atomic E-state index is 13.3. The van der Waals surface area contributed by atoms with Gasteiger partial charge in [0.15, 0.2) is 0 Å². The number of halogens is 1. The zero-order valence-electron chi connectivity index (χ0n) is 12.1. The van der Waals surface area contributed by atoms with Gasteiger partial charge in [0.2, 0.25) is 0 Å². The van der Waals surface area contributed by atoms with Crippen molar-refractivity contribution < 1.29 is 9.18 Å². The summed E-state index contributed by atoms with van der Waals surface area (Å²) in [4.78, 5) is 15.1. The fourth-order valence-corrected chi connectivity index (χ4v) is 3.81. The first-order valence-corrected chi connectivity index (χ1v) is 8.01. The molecule has 1 amide bonds. The van der Waals surface area contributed by atoms with Gasteiger partial charge in [-0.1, -0.05) is 0 Å². The molecule has 116 valence electrons. The molecule has 0 fully saturated rings. The van der Waals surface area contributed by atoms with Crippen LogP contribution in [0.2, 0.25) is 0 Å². The lowest BCUT2D eigenvalue weighted by Gasteiger charge is -2.27. The molecule has 4 rings (SSSR count). The van der Waals surface area contributed by atoms with E-state index in [4.69, 9.17) is 5.73 Å². The van der Waals surface area contributed by atoms with E-state index >= 15 is 0 Å². The number of rotatable bonds is 1. The maximum atomic E-state index is 13.3. The molecule has 0 atom stereocenters. The summed E-state index contributed by atoms with van der Waals surface area (Å²) in [6, 6.07) is 8.08. The number of benzene rings is 1. The maximum Gasteiger partial charge on any atom is 0.264 e. The largest absolute Gasteiger partial charge is 0.382 e. The van der Waals surface area contributed by atoms with Gasteiger partial charge in [-0.05, 0) is 41.3 Å². The first-order chi connectivity index (χ1) is 11.1. The molecule has 3 heterocycles. The molecule has 0 saturated heterocycles. The third kappa shape index (κ3) is 2.53. The molecule has 0 radical (unpaired) electrons. The van der Waals surface area contributed by atoms with Crippen molar-refractivity contribution in [1.82, 2.24) is 15.1 Å². The highest BCUT2D eigenvalue weighted by Crippen LogP contribution is 2.28. The Kier molecular flexibility index (Phi) is 3.23. The summed E-state index contributed by atoms with van der Waals surface area (Å²) in [6.07, 6.45) is 0.661. The van der Waals surface area contributed by atoms with E-state index in [-0.39, 0.29) is 11.7 Å². The molecule has 1 aliphatic rings. The number of hydrogen-bond acceptors (Lipinski definition) is 5. The van der Waals surface area contributed by atoms with Crippen LogP contribution in [0.15, 0.2) is 30.3 Å². The average molecular weight is 328 g/mol. The van der Waals surface area contributed by atoms with Gasteiger partial charge in [0.25, 0.3) is 5.91 Å². The number of nitrogen functional groups attached to an aromatic ring is 1. The minimum absolute atomic E-state index is 0.0485. The molecule has 23 heavy (non-hydrogen) atoms. The first-order valence-electron chi connectivity index (χ1n) is 7.19. The molecule has 5 nitrogen and oxygen atoms in total. The number of carbonyl (C=O) groups excluding carboxylic acids is 1. The van der Waals surface area contributed by atoms with Crippen LogP contribution in [0.3, 0.4) is 0 Å². The van der Waals surface area contributed by atoms with Crippen molar-refractivity contribution in [3.05, 3.63) is 52.3 Å². The minimum atomic E-state index is -0.296. The van der Waals surface area contributed by atoms with Crippen molar-refractivity contribution in [2.75, 3.05) is 12.3 Å². The number of amides is 1. The van der Waals surface area contributed by atoms with Crippen molar-refractivity contribution in [1.29, 1.82) is 0 Å². The SMILES string of the molecule is Nc1cc2c(nn1)CCN(C(=O)c1cc3cc(F)ccc3s1)C2. The van der Waals surface area contributed by atoms with E-state index < -0.39 is 0 Å². The molecule has 0 unspecified atom stereocenters. The smallest absolute Gasteiger partial charge is 0.264 e. The molecule has 1 aliphatic heterocycles. The van der Waals surface area contributed by atoms with E-state index in [9.17, 15) is 9.18 Å². The highest BCUT2D eigenvalue weighted by molar-refractivity contribution is 7.20. The minimum Gasteiger partial charge on any atom is -0.382 e. The second-order valence-electron chi connectivity index (χ2n) is 5.51. The van der Waals surface area contributed by atoms with Crippen LogP contribution in [0, 0.1) is 5.82 Å². The molecule has 3 aromatic rings. The second-order valence-corrected chi connectivity index (χ2v) is 6.59. The van der Waals surface area contributed by atoms with Gasteiger partial charge in [-0.25, -0.2) is 4.39 Å². The van der Waals surface area contributed by atoms with Crippen LogP contribution in [0.25, 0.3) is 10.1 Å². The van der Waals surface area contributed by atoms with Crippen molar-refractivity contribution in [3.8, 4) is 0 Å². The zero-order chi connectivity index (χ0) is 16.0. The monoisotopic (exact) mass is 328 g/mol. The molecular formula is C16H13FN4OS. The van der Waals surface area contributed by atoms with E-state index in [1.54, 1.807) is 23.1 Å². The highest BCUT2D eigenvalue weighted by atomic mass is 32.1. The topological polar surface area (TPSA) is 72.1 Å². The standard InChI is InChI=1S/C16H13FN4OS/c17-11-1-2-13-9(5-11)6-14(23-13)16(22)21-4-3-12-10(8-21)7-15(18)20-19-12/h1-2,5-7H,3-4,8H2,(H2,18,20). The third-order valence-electron chi connectivity index (χ3n) is 3.94. The summed E-state index contributed by atoms with van der Waals surface area (Å²) in [5.74, 6) is 0.0123. The van der Waals surface area contributed by atoms with Crippen molar-refractivity contribution >= 4 is 33.1 Å². The number of nitrogens with two attached hydrogens (primary N) is 1. The van der Waals surface area contributed by atoms with E-state index in [0.717, 1.165) is 21.3 Å². The lowest BCUT2D eigenvalue weighted by Crippen LogP contribution is -2.36. The fourth-order valence-electron chi connectivity index (χ4n) is 2.79. The van der Waals surface area contributed by atoms with Gasteiger partial charge >= 0.3 is 0 Å². The normalized spacial score (nSPS) is 14.0. The Labute approximate surface area is 135 Å². The van der Waals surface area contributed by atoms with Crippen LogP contribution < -0.4 is 5.73 Å². The van der Waals surface area contributed by atoms with Crippen molar-refractivity contribution in [3.63, 3.8) is 0 Å². The number of hydrogen-bond donors (Lipinski definition) is 1. The summed E-state index contributed by atoms with van der Waals surface area (Å²) in [5.41, 5.74) is 7.49. The highest BCUT2D eigenvalue weighted by Gasteiger charge is 2.24. The van der Waals surface area contributed by atoms with Gasteiger partial charge in [-0.15, -0.1) is 16.4 Å². The average Bonchev–Trinajstić information content (AvgIpc) is 2.96. The summed E-state index contributed by atoms with van der Waals surface area (Å²) < 4.78 is 14.2. The number of carbonyl (C=O) groups is 1. The van der Waals surface area contributed by atoms with Gasteiger partial charge < -0.3 is 10.6 Å². The molecule has 2 aromatic heterocycles.